The van der Waals surface area contributed by atoms with Crippen LogP contribution in [-0.4, -0.2) is 34.1 Å². The van der Waals surface area contributed by atoms with Crippen LogP contribution in [0, 0.1) is 5.41 Å². The number of aliphatic hydroxyl groups excluding tert-OH is 1. The predicted molar refractivity (Wildman–Crippen MR) is 82.0 cm³/mol. The first-order valence-corrected chi connectivity index (χ1v) is 8.28. The number of hydrogen-bond donors (Lipinski definition) is 2. The van der Waals surface area contributed by atoms with Crippen LogP contribution in [0.5, 0.6) is 0 Å². The lowest BCUT2D eigenvalue weighted by Crippen LogP contribution is -2.39. The van der Waals surface area contributed by atoms with Gasteiger partial charge in [0.2, 0.25) is 0 Å². The SMILES string of the molecule is CS(=O)Cc1cccc(C(=O)NCC(O)C(C)(C)C)c1. The first-order valence-electron chi connectivity index (χ1n) is 6.55. The molecule has 0 aliphatic heterocycles. The molecular weight excluding hydrogens is 274 g/mol. The lowest BCUT2D eigenvalue weighted by Gasteiger charge is -2.25. The van der Waals surface area contributed by atoms with Crippen molar-refractivity contribution >= 4 is 16.7 Å². The summed E-state index contributed by atoms with van der Waals surface area (Å²) in [4.78, 5) is 12.0. The van der Waals surface area contributed by atoms with Crippen molar-refractivity contribution in [2.45, 2.75) is 32.6 Å². The van der Waals surface area contributed by atoms with Crippen LogP contribution < -0.4 is 5.32 Å². The summed E-state index contributed by atoms with van der Waals surface area (Å²) in [5.41, 5.74) is 1.12. The maximum atomic E-state index is 12.0. The second-order valence-corrected chi connectivity index (χ2v) is 7.44. The Balaban J connectivity index is 2.66. The summed E-state index contributed by atoms with van der Waals surface area (Å²) in [6, 6.07) is 7.07. The molecule has 0 aromatic heterocycles. The van der Waals surface area contributed by atoms with Gasteiger partial charge in [0.05, 0.1) is 6.10 Å². The van der Waals surface area contributed by atoms with E-state index in [2.05, 4.69) is 5.32 Å². The van der Waals surface area contributed by atoms with Crippen LogP contribution in [-0.2, 0) is 16.6 Å². The summed E-state index contributed by atoms with van der Waals surface area (Å²) >= 11 is 0. The average Bonchev–Trinajstić information content (AvgIpc) is 2.33. The van der Waals surface area contributed by atoms with E-state index in [0.29, 0.717) is 11.3 Å². The van der Waals surface area contributed by atoms with Gasteiger partial charge in [-0.25, -0.2) is 0 Å². The Morgan fingerprint density at radius 2 is 2.05 bits per heavy atom. The number of carbonyl (C=O) groups is 1. The standard InChI is InChI=1S/C15H23NO3S/c1-15(2,3)13(17)9-16-14(18)12-7-5-6-11(8-12)10-20(4)19/h5-8,13,17H,9-10H2,1-4H3,(H,16,18). The molecule has 0 fully saturated rings. The summed E-state index contributed by atoms with van der Waals surface area (Å²) in [6.07, 6.45) is 1.03. The Morgan fingerprint density at radius 3 is 2.60 bits per heavy atom. The second kappa shape index (κ2) is 6.99. The van der Waals surface area contributed by atoms with Gasteiger partial charge in [-0.05, 0) is 23.1 Å². The molecule has 0 spiro atoms. The molecule has 4 nitrogen and oxygen atoms in total. The van der Waals surface area contributed by atoms with E-state index >= 15 is 0 Å². The quantitative estimate of drug-likeness (QED) is 0.869. The second-order valence-electron chi connectivity index (χ2n) is 6.01. The Kier molecular flexibility index (Phi) is 5.89. The van der Waals surface area contributed by atoms with Crippen LogP contribution in [0.4, 0.5) is 0 Å². The van der Waals surface area contributed by atoms with Gasteiger partial charge >= 0.3 is 0 Å². The topological polar surface area (TPSA) is 66.4 Å². The summed E-state index contributed by atoms with van der Waals surface area (Å²) in [7, 11) is -0.933. The molecule has 0 radical (unpaired) electrons. The van der Waals surface area contributed by atoms with Crippen LogP contribution in [0.1, 0.15) is 36.7 Å². The molecule has 0 saturated carbocycles. The first kappa shape index (κ1) is 16.9. The largest absolute Gasteiger partial charge is 0.391 e. The minimum absolute atomic E-state index is 0.215. The van der Waals surface area contributed by atoms with Gasteiger partial charge in [-0.3, -0.25) is 9.00 Å². The highest BCUT2D eigenvalue weighted by Crippen LogP contribution is 2.18. The molecule has 2 N–H and O–H groups in total. The minimum Gasteiger partial charge on any atom is -0.391 e. The highest BCUT2D eigenvalue weighted by atomic mass is 32.2. The number of carbonyl (C=O) groups excluding carboxylic acids is 1. The molecular formula is C15H23NO3S. The Morgan fingerprint density at radius 1 is 1.40 bits per heavy atom. The van der Waals surface area contributed by atoms with Gasteiger partial charge in [0, 0.05) is 34.9 Å². The predicted octanol–water partition coefficient (Wildman–Crippen LogP) is 1.70. The number of nitrogens with one attached hydrogen (secondary N) is 1. The third kappa shape index (κ3) is 5.43. The third-order valence-electron chi connectivity index (χ3n) is 3.01. The third-order valence-corrected chi connectivity index (χ3v) is 3.75. The molecule has 1 aromatic carbocycles. The molecule has 1 rings (SSSR count). The van der Waals surface area contributed by atoms with Crippen LogP contribution in [0.25, 0.3) is 0 Å². The van der Waals surface area contributed by atoms with Crippen molar-refractivity contribution in [1.29, 1.82) is 0 Å². The fourth-order valence-corrected chi connectivity index (χ4v) is 2.28. The van der Waals surface area contributed by atoms with Gasteiger partial charge in [-0.1, -0.05) is 32.9 Å². The minimum atomic E-state index is -0.933. The molecule has 5 heteroatoms. The molecule has 0 saturated heterocycles. The summed E-state index contributed by atoms with van der Waals surface area (Å²) in [6.45, 7) is 5.97. The van der Waals surface area contributed by atoms with E-state index in [1.165, 1.54) is 0 Å². The van der Waals surface area contributed by atoms with Gasteiger partial charge in [-0.15, -0.1) is 0 Å². The maximum absolute atomic E-state index is 12.0. The van der Waals surface area contributed by atoms with E-state index in [1.807, 2.05) is 26.8 Å². The lowest BCUT2D eigenvalue weighted by molar-refractivity contribution is 0.0587. The zero-order valence-corrected chi connectivity index (χ0v) is 13.3. The highest BCUT2D eigenvalue weighted by molar-refractivity contribution is 7.83. The van der Waals surface area contributed by atoms with Crippen molar-refractivity contribution in [2.24, 2.45) is 5.41 Å². The molecule has 2 unspecified atom stereocenters. The van der Waals surface area contributed by atoms with E-state index in [-0.39, 0.29) is 17.9 Å². The zero-order valence-electron chi connectivity index (χ0n) is 12.5. The van der Waals surface area contributed by atoms with Gasteiger partial charge in [0.1, 0.15) is 0 Å². The van der Waals surface area contributed by atoms with Crippen molar-refractivity contribution in [3.05, 3.63) is 35.4 Å². The average molecular weight is 297 g/mol. The van der Waals surface area contributed by atoms with Crippen LogP contribution in [0.2, 0.25) is 0 Å². The van der Waals surface area contributed by atoms with E-state index in [9.17, 15) is 14.1 Å². The van der Waals surface area contributed by atoms with Crippen molar-refractivity contribution in [2.75, 3.05) is 12.8 Å². The number of benzene rings is 1. The van der Waals surface area contributed by atoms with Crippen molar-refractivity contribution < 1.29 is 14.1 Å². The normalized spacial score (nSPS) is 14.7. The Labute approximate surface area is 123 Å². The molecule has 1 aromatic rings. The van der Waals surface area contributed by atoms with Crippen molar-refractivity contribution in [1.82, 2.24) is 5.32 Å². The van der Waals surface area contributed by atoms with Gasteiger partial charge in [0.15, 0.2) is 0 Å². The Hall–Kier alpha value is -1.20. The maximum Gasteiger partial charge on any atom is 0.251 e. The summed E-state index contributed by atoms with van der Waals surface area (Å²) in [5, 5.41) is 12.6. The fraction of sp³-hybridized carbons (Fsp3) is 0.533. The van der Waals surface area contributed by atoms with Crippen molar-refractivity contribution in [3.63, 3.8) is 0 Å². The zero-order chi connectivity index (χ0) is 15.3. The molecule has 0 bridgehead atoms. The molecule has 0 aliphatic carbocycles. The number of hydrogen-bond acceptors (Lipinski definition) is 3. The van der Waals surface area contributed by atoms with Crippen LogP contribution >= 0.6 is 0 Å². The lowest BCUT2D eigenvalue weighted by atomic mass is 9.89. The van der Waals surface area contributed by atoms with Crippen LogP contribution in [0.3, 0.4) is 0 Å². The molecule has 20 heavy (non-hydrogen) atoms. The highest BCUT2D eigenvalue weighted by Gasteiger charge is 2.22. The van der Waals surface area contributed by atoms with Gasteiger partial charge in [0.25, 0.3) is 5.91 Å². The first-order chi connectivity index (χ1) is 9.20. The molecule has 112 valence electrons. The fourth-order valence-electron chi connectivity index (χ4n) is 1.63. The summed E-state index contributed by atoms with van der Waals surface area (Å²) < 4.78 is 11.2. The van der Waals surface area contributed by atoms with E-state index in [1.54, 1.807) is 24.5 Å². The molecule has 1 amide bonds. The molecule has 0 aliphatic rings. The molecule has 0 heterocycles. The monoisotopic (exact) mass is 297 g/mol. The number of rotatable bonds is 5. The number of aliphatic hydroxyl groups is 1. The smallest absolute Gasteiger partial charge is 0.251 e. The van der Waals surface area contributed by atoms with E-state index in [0.717, 1.165) is 5.56 Å². The van der Waals surface area contributed by atoms with E-state index in [4.69, 9.17) is 0 Å². The summed E-state index contributed by atoms with van der Waals surface area (Å²) in [5.74, 6) is 0.211. The Bertz CT molecular complexity index is 494. The van der Waals surface area contributed by atoms with Crippen LogP contribution in [0.15, 0.2) is 24.3 Å². The van der Waals surface area contributed by atoms with Gasteiger partial charge < -0.3 is 10.4 Å². The van der Waals surface area contributed by atoms with E-state index < -0.39 is 16.9 Å². The molecule has 2 atom stereocenters. The van der Waals surface area contributed by atoms with Crippen molar-refractivity contribution in [3.8, 4) is 0 Å². The number of amides is 1. The van der Waals surface area contributed by atoms with Gasteiger partial charge in [-0.2, -0.15) is 0 Å².